The van der Waals surface area contributed by atoms with Gasteiger partial charge >= 0.3 is 0 Å². The predicted octanol–water partition coefficient (Wildman–Crippen LogP) is 3.62. The molecule has 0 saturated carbocycles. The summed E-state index contributed by atoms with van der Waals surface area (Å²) in [5, 5.41) is 10.1. The van der Waals surface area contributed by atoms with Crippen molar-refractivity contribution in [2.45, 2.75) is 32.3 Å². The summed E-state index contributed by atoms with van der Waals surface area (Å²) in [6, 6.07) is 11.0. The first-order valence-corrected chi connectivity index (χ1v) is 6.44. The minimum Gasteiger partial charge on any atom is -0.386 e. The van der Waals surface area contributed by atoms with Crippen LogP contribution in [0.1, 0.15) is 42.7 Å². The van der Waals surface area contributed by atoms with Gasteiger partial charge in [-0.2, -0.15) is 0 Å². The summed E-state index contributed by atoms with van der Waals surface area (Å²) in [6.07, 6.45) is 0.905. The summed E-state index contributed by atoms with van der Waals surface area (Å²) in [5.41, 5.74) is 2.82. The first-order valence-electron chi connectivity index (χ1n) is 6.44. The van der Waals surface area contributed by atoms with Gasteiger partial charge in [0.1, 0.15) is 5.82 Å². The van der Waals surface area contributed by atoms with Gasteiger partial charge in [-0.25, -0.2) is 4.39 Å². The number of hydrogen-bond donors (Lipinski definition) is 1. The van der Waals surface area contributed by atoms with Crippen LogP contribution < -0.4 is 0 Å². The van der Waals surface area contributed by atoms with Crippen molar-refractivity contribution in [1.29, 1.82) is 0 Å². The van der Waals surface area contributed by atoms with E-state index in [9.17, 15) is 9.50 Å². The zero-order valence-electron chi connectivity index (χ0n) is 11.2. The van der Waals surface area contributed by atoms with Crippen LogP contribution in [0.15, 0.2) is 42.6 Å². The van der Waals surface area contributed by atoms with Gasteiger partial charge in [0.25, 0.3) is 0 Å². The fraction of sp³-hybridized carbons (Fsp3) is 0.312. The van der Waals surface area contributed by atoms with Crippen LogP contribution in [0.5, 0.6) is 0 Å². The molecule has 1 N–H and O–H groups in total. The Balaban J connectivity index is 2.06. The van der Waals surface area contributed by atoms with Crippen molar-refractivity contribution in [3.05, 3.63) is 65.2 Å². The molecule has 0 fully saturated rings. The van der Waals surface area contributed by atoms with Crippen LogP contribution in [0, 0.1) is 5.82 Å². The third-order valence-electron chi connectivity index (χ3n) is 3.17. The molecule has 0 aliphatic rings. The summed E-state index contributed by atoms with van der Waals surface area (Å²) < 4.78 is 12.8. The number of aliphatic hydroxyl groups excluding tert-OH is 1. The van der Waals surface area contributed by atoms with E-state index in [1.165, 1.54) is 17.7 Å². The van der Waals surface area contributed by atoms with Crippen molar-refractivity contribution in [3.63, 3.8) is 0 Å². The van der Waals surface area contributed by atoms with Gasteiger partial charge in [0.05, 0.1) is 18.0 Å². The van der Waals surface area contributed by atoms with Crippen LogP contribution in [-0.2, 0) is 6.42 Å². The predicted molar refractivity (Wildman–Crippen MR) is 73.4 cm³/mol. The van der Waals surface area contributed by atoms with Crippen LogP contribution in [-0.4, -0.2) is 10.1 Å². The van der Waals surface area contributed by atoms with Crippen molar-refractivity contribution in [2.75, 3.05) is 0 Å². The van der Waals surface area contributed by atoms with Gasteiger partial charge in [-0.3, -0.25) is 4.98 Å². The molecule has 0 amide bonds. The molecule has 0 aliphatic heterocycles. The monoisotopic (exact) mass is 259 g/mol. The van der Waals surface area contributed by atoms with Gasteiger partial charge in [0, 0.05) is 6.42 Å². The number of rotatable bonds is 4. The maximum absolute atomic E-state index is 12.8. The molecule has 0 saturated heterocycles. The van der Waals surface area contributed by atoms with Crippen molar-refractivity contribution < 1.29 is 9.50 Å². The van der Waals surface area contributed by atoms with Crippen molar-refractivity contribution in [3.8, 4) is 0 Å². The van der Waals surface area contributed by atoms with Crippen molar-refractivity contribution >= 4 is 0 Å². The number of nitrogens with zero attached hydrogens (tertiary/aromatic N) is 1. The molecule has 19 heavy (non-hydrogen) atoms. The molecule has 1 unspecified atom stereocenters. The summed E-state index contributed by atoms with van der Waals surface area (Å²) in [6.45, 7) is 4.29. The number of aliphatic hydroxyl groups is 1. The Morgan fingerprint density at radius 1 is 1.11 bits per heavy atom. The quantitative estimate of drug-likeness (QED) is 0.909. The molecule has 100 valence electrons. The Kier molecular flexibility index (Phi) is 4.27. The van der Waals surface area contributed by atoms with Gasteiger partial charge in [0.2, 0.25) is 0 Å². The Morgan fingerprint density at radius 2 is 1.79 bits per heavy atom. The third kappa shape index (κ3) is 3.61. The molecule has 2 nitrogen and oxygen atoms in total. The summed E-state index contributed by atoms with van der Waals surface area (Å²) in [7, 11) is 0. The first-order chi connectivity index (χ1) is 9.06. The van der Waals surface area contributed by atoms with Gasteiger partial charge < -0.3 is 5.11 Å². The summed E-state index contributed by atoms with van der Waals surface area (Å²) >= 11 is 0. The molecular weight excluding hydrogens is 241 g/mol. The van der Waals surface area contributed by atoms with E-state index >= 15 is 0 Å². The topological polar surface area (TPSA) is 33.1 Å². The molecule has 2 rings (SSSR count). The highest BCUT2D eigenvalue weighted by Crippen LogP contribution is 2.19. The Bertz CT molecular complexity index is 519. The number of hydrogen-bond acceptors (Lipinski definition) is 2. The van der Waals surface area contributed by atoms with Gasteiger partial charge in [-0.05, 0) is 29.2 Å². The summed E-state index contributed by atoms with van der Waals surface area (Å²) in [4.78, 5) is 3.90. The van der Waals surface area contributed by atoms with Crippen molar-refractivity contribution in [1.82, 2.24) is 4.98 Å². The highest BCUT2D eigenvalue weighted by atomic mass is 19.1. The molecule has 1 atom stereocenters. The smallest absolute Gasteiger partial charge is 0.141 e. The van der Waals surface area contributed by atoms with E-state index in [0.29, 0.717) is 18.0 Å². The van der Waals surface area contributed by atoms with Crippen LogP contribution in [0.25, 0.3) is 0 Å². The number of pyridine rings is 1. The van der Waals surface area contributed by atoms with Crippen LogP contribution in [0.4, 0.5) is 4.39 Å². The number of benzene rings is 1. The Labute approximate surface area is 112 Å². The molecule has 0 aliphatic carbocycles. The maximum atomic E-state index is 12.8. The zero-order chi connectivity index (χ0) is 13.8. The molecule has 2 aromatic rings. The molecule has 0 spiro atoms. The lowest BCUT2D eigenvalue weighted by molar-refractivity contribution is 0.173. The molecule has 1 aromatic carbocycles. The maximum Gasteiger partial charge on any atom is 0.141 e. The average Bonchev–Trinajstić information content (AvgIpc) is 2.40. The number of halogens is 1. The molecule has 3 heteroatoms. The van der Waals surface area contributed by atoms with E-state index < -0.39 is 11.9 Å². The van der Waals surface area contributed by atoms with Gasteiger partial charge in [-0.15, -0.1) is 0 Å². The largest absolute Gasteiger partial charge is 0.386 e. The van der Waals surface area contributed by atoms with Gasteiger partial charge in [0.15, 0.2) is 0 Å². The minimum absolute atomic E-state index is 0.391. The van der Waals surface area contributed by atoms with E-state index in [4.69, 9.17) is 0 Å². The lowest BCUT2D eigenvalue weighted by Crippen LogP contribution is -2.04. The fourth-order valence-electron chi connectivity index (χ4n) is 1.95. The SMILES string of the molecule is CC(C)c1ccc(CC(O)c2ccc(F)cn2)cc1. The van der Waals surface area contributed by atoms with Crippen LogP contribution in [0.2, 0.25) is 0 Å². The second kappa shape index (κ2) is 5.93. The fourth-order valence-corrected chi connectivity index (χ4v) is 1.95. The molecule has 1 aromatic heterocycles. The summed E-state index contributed by atoms with van der Waals surface area (Å²) in [5.74, 6) is 0.106. The molecule has 0 radical (unpaired) electrons. The molecule has 0 bridgehead atoms. The number of aromatic nitrogens is 1. The van der Waals surface area contributed by atoms with E-state index in [1.54, 1.807) is 0 Å². The molecule has 1 heterocycles. The highest BCUT2D eigenvalue weighted by molar-refractivity contribution is 5.26. The normalized spacial score (nSPS) is 12.7. The lowest BCUT2D eigenvalue weighted by atomic mass is 9.99. The highest BCUT2D eigenvalue weighted by Gasteiger charge is 2.10. The second-order valence-electron chi connectivity index (χ2n) is 5.02. The Morgan fingerprint density at radius 3 is 2.32 bits per heavy atom. The first kappa shape index (κ1) is 13.7. The lowest BCUT2D eigenvalue weighted by Gasteiger charge is -2.11. The Hall–Kier alpha value is -1.74. The standard InChI is InChI=1S/C16H18FNO/c1-11(2)13-5-3-12(4-6-13)9-16(19)15-8-7-14(17)10-18-15/h3-8,10-11,16,19H,9H2,1-2H3. The zero-order valence-corrected chi connectivity index (χ0v) is 11.2. The van der Waals surface area contributed by atoms with E-state index in [2.05, 4.69) is 31.0 Å². The van der Waals surface area contributed by atoms with E-state index in [0.717, 1.165) is 11.8 Å². The second-order valence-corrected chi connectivity index (χ2v) is 5.02. The average molecular weight is 259 g/mol. The third-order valence-corrected chi connectivity index (χ3v) is 3.17. The van der Waals surface area contributed by atoms with Crippen LogP contribution in [0.3, 0.4) is 0 Å². The van der Waals surface area contributed by atoms with Crippen molar-refractivity contribution in [2.24, 2.45) is 0 Å². The molecular formula is C16H18FNO. The van der Waals surface area contributed by atoms with Gasteiger partial charge in [-0.1, -0.05) is 38.1 Å². The van der Waals surface area contributed by atoms with E-state index in [-0.39, 0.29) is 0 Å². The minimum atomic E-state index is -0.703. The van der Waals surface area contributed by atoms with Crippen LogP contribution >= 0.6 is 0 Å². The van der Waals surface area contributed by atoms with E-state index in [1.807, 2.05) is 12.1 Å².